The molecule has 1 atom stereocenters. The Hall–Kier alpha value is -0.610. The lowest BCUT2D eigenvalue weighted by Gasteiger charge is -2.29. The average Bonchev–Trinajstić information content (AvgIpc) is 3.09. The van der Waals surface area contributed by atoms with Crippen LogP contribution in [0.2, 0.25) is 0 Å². The molecule has 1 aliphatic carbocycles. The Kier molecular flexibility index (Phi) is 4.18. The predicted octanol–water partition coefficient (Wildman–Crippen LogP) is 0.468. The molecular weight excluding hydrogens is 202 g/mol. The van der Waals surface area contributed by atoms with E-state index in [9.17, 15) is 4.79 Å². The lowest BCUT2D eigenvalue weighted by Crippen LogP contribution is -2.47. The highest BCUT2D eigenvalue weighted by Gasteiger charge is 2.36. The van der Waals surface area contributed by atoms with Crippen molar-refractivity contribution in [3.63, 3.8) is 0 Å². The minimum Gasteiger partial charge on any atom is -0.355 e. The Balaban J connectivity index is 1.95. The summed E-state index contributed by atoms with van der Waals surface area (Å²) in [6.07, 6.45) is 6.82. The highest BCUT2D eigenvalue weighted by atomic mass is 16.2. The number of nitrogens with two attached hydrogens (primary N) is 1. The van der Waals surface area contributed by atoms with Crippen LogP contribution in [0.4, 0.5) is 0 Å². The molecule has 0 aromatic heterocycles. The number of hydrogen-bond acceptors (Lipinski definition) is 3. The summed E-state index contributed by atoms with van der Waals surface area (Å²) in [5, 5.41) is 3.02. The first kappa shape index (κ1) is 11.9. The molecule has 0 aromatic rings. The van der Waals surface area contributed by atoms with Gasteiger partial charge in [-0.1, -0.05) is 0 Å². The van der Waals surface area contributed by atoms with Crippen LogP contribution in [0, 0.1) is 0 Å². The first-order chi connectivity index (χ1) is 7.83. The summed E-state index contributed by atoms with van der Waals surface area (Å²) in [6, 6.07) is 0.766. The number of rotatable bonds is 5. The van der Waals surface area contributed by atoms with Crippen LogP contribution in [0.15, 0.2) is 0 Å². The van der Waals surface area contributed by atoms with Gasteiger partial charge in [0.15, 0.2) is 0 Å². The van der Waals surface area contributed by atoms with Gasteiger partial charge in [-0.25, -0.2) is 0 Å². The normalized spacial score (nSPS) is 26.6. The summed E-state index contributed by atoms with van der Waals surface area (Å²) in [5.74, 6) is 0.237. The fraction of sp³-hybridized carbons (Fsp3) is 0.917. The Bertz CT molecular complexity index is 240. The topological polar surface area (TPSA) is 58.4 Å². The standard InChI is InChI=1S/C12H23N3O/c13-7-3-9-15(10-5-6-10)11-4-1-2-8-14-12(11)16/h10-11H,1-9,13H2,(H,14,16). The quantitative estimate of drug-likeness (QED) is 0.715. The van der Waals surface area contributed by atoms with E-state index in [0.717, 1.165) is 45.3 Å². The molecule has 3 N–H and O–H groups in total. The molecule has 1 heterocycles. The molecular formula is C12H23N3O. The molecule has 0 spiro atoms. The van der Waals surface area contributed by atoms with Gasteiger partial charge in [0.25, 0.3) is 0 Å². The van der Waals surface area contributed by atoms with Crippen molar-refractivity contribution in [1.82, 2.24) is 10.2 Å². The van der Waals surface area contributed by atoms with Gasteiger partial charge in [0.1, 0.15) is 0 Å². The number of nitrogens with one attached hydrogen (secondary N) is 1. The maximum atomic E-state index is 12.0. The van der Waals surface area contributed by atoms with Gasteiger partial charge in [-0.2, -0.15) is 0 Å². The highest BCUT2D eigenvalue weighted by Crippen LogP contribution is 2.30. The van der Waals surface area contributed by atoms with Gasteiger partial charge in [-0.15, -0.1) is 0 Å². The third-order valence-electron chi connectivity index (χ3n) is 3.54. The van der Waals surface area contributed by atoms with Crippen LogP contribution in [0.3, 0.4) is 0 Å². The molecule has 0 aromatic carbocycles. The third-order valence-corrected chi connectivity index (χ3v) is 3.54. The monoisotopic (exact) mass is 225 g/mol. The van der Waals surface area contributed by atoms with Gasteiger partial charge < -0.3 is 11.1 Å². The fourth-order valence-electron chi connectivity index (χ4n) is 2.51. The lowest BCUT2D eigenvalue weighted by molar-refractivity contribution is -0.126. The second-order valence-corrected chi connectivity index (χ2v) is 4.91. The molecule has 0 radical (unpaired) electrons. The minimum absolute atomic E-state index is 0.113. The number of carbonyl (C=O) groups excluding carboxylic acids is 1. The molecule has 1 aliphatic heterocycles. The zero-order chi connectivity index (χ0) is 11.4. The number of amides is 1. The van der Waals surface area contributed by atoms with Crippen molar-refractivity contribution < 1.29 is 4.79 Å². The molecule has 1 saturated heterocycles. The van der Waals surface area contributed by atoms with E-state index in [2.05, 4.69) is 10.2 Å². The first-order valence-corrected chi connectivity index (χ1v) is 6.56. The lowest BCUT2D eigenvalue weighted by atomic mass is 10.1. The molecule has 4 heteroatoms. The predicted molar refractivity (Wildman–Crippen MR) is 64.0 cm³/mol. The third kappa shape index (κ3) is 2.95. The average molecular weight is 225 g/mol. The van der Waals surface area contributed by atoms with Crippen molar-refractivity contribution >= 4 is 5.91 Å². The van der Waals surface area contributed by atoms with Crippen molar-refractivity contribution in [2.75, 3.05) is 19.6 Å². The SMILES string of the molecule is NCCCN(C1CC1)C1CCCCNC1=O. The maximum absolute atomic E-state index is 12.0. The number of hydrogen-bond donors (Lipinski definition) is 2. The van der Waals surface area contributed by atoms with Crippen molar-refractivity contribution in [1.29, 1.82) is 0 Å². The van der Waals surface area contributed by atoms with E-state index >= 15 is 0 Å². The molecule has 0 bridgehead atoms. The maximum Gasteiger partial charge on any atom is 0.237 e. The molecule has 2 fully saturated rings. The van der Waals surface area contributed by atoms with Crippen LogP contribution >= 0.6 is 0 Å². The summed E-state index contributed by atoms with van der Waals surface area (Å²) < 4.78 is 0. The zero-order valence-electron chi connectivity index (χ0n) is 9.95. The molecule has 92 valence electrons. The van der Waals surface area contributed by atoms with E-state index in [4.69, 9.17) is 5.73 Å². The summed E-state index contributed by atoms with van der Waals surface area (Å²) >= 11 is 0. The summed E-state index contributed by atoms with van der Waals surface area (Å²) in [6.45, 7) is 2.56. The van der Waals surface area contributed by atoms with Crippen molar-refractivity contribution in [2.24, 2.45) is 5.73 Å². The van der Waals surface area contributed by atoms with E-state index in [1.165, 1.54) is 12.8 Å². The van der Waals surface area contributed by atoms with Crippen molar-refractivity contribution in [3.8, 4) is 0 Å². The van der Waals surface area contributed by atoms with Gasteiger partial charge >= 0.3 is 0 Å². The fourth-order valence-corrected chi connectivity index (χ4v) is 2.51. The zero-order valence-corrected chi connectivity index (χ0v) is 9.95. The van der Waals surface area contributed by atoms with Gasteiger partial charge in [0.2, 0.25) is 5.91 Å². The second kappa shape index (κ2) is 5.64. The van der Waals surface area contributed by atoms with Gasteiger partial charge in [0.05, 0.1) is 6.04 Å². The van der Waals surface area contributed by atoms with Crippen molar-refractivity contribution in [3.05, 3.63) is 0 Å². The van der Waals surface area contributed by atoms with Crippen LogP contribution in [-0.2, 0) is 4.79 Å². The molecule has 1 amide bonds. The molecule has 1 saturated carbocycles. The first-order valence-electron chi connectivity index (χ1n) is 6.56. The van der Waals surface area contributed by atoms with Crippen LogP contribution < -0.4 is 11.1 Å². The van der Waals surface area contributed by atoms with Crippen molar-refractivity contribution in [2.45, 2.75) is 50.6 Å². The minimum atomic E-state index is 0.113. The summed E-state index contributed by atoms with van der Waals surface area (Å²) in [7, 11) is 0. The number of nitrogens with zero attached hydrogens (tertiary/aromatic N) is 1. The van der Waals surface area contributed by atoms with Gasteiger partial charge in [0, 0.05) is 19.1 Å². The van der Waals surface area contributed by atoms with Gasteiger partial charge in [-0.3, -0.25) is 9.69 Å². The van der Waals surface area contributed by atoms with E-state index in [0.29, 0.717) is 6.04 Å². The Labute approximate surface area is 97.6 Å². The van der Waals surface area contributed by atoms with E-state index < -0.39 is 0 Å². The molecule has 1 unspecified atom stereocenters. The van der Waals surface area contributed by atoms with Gasteiger partial charge in [-0.05, 0) is 45.1 Å². The van der Waals surface area contributed by atoms with Crippen LogP contribution in [-0.4, -0.2) is 42.5 Å². The molecule has 2 rings (SSSR count). The van der Waals surface area contributed by atoms with E-state index in [1.54, 1.807) is 0 Å². The largest absolute Gasteiger partial charge is 0.355 e. The number of carbonyl (C=O) groups is 1. The smallest absolute Gasteiger partial charge is 0.237 e. The Morgan fingerprint density at radius 3 is 2.81 bits per heavy atom. The Morgan fingerprint density at radius 2 is 2.12 bits per heavy atom. The second-order valence-electron chi connectivity index (χ2n) is 4.91. The van der Waals surface area contributed by atoms with Crippen LogP contribution in [0.5, 0.6) is 0 Å². The summed E-state index contributed by atoms with van der Waals surface area (Å²) in [5.41, 5.74) is 5.57. The molecule has 4 nitrogen and oxygen atoms in total. The van der Waals surface area contributed by atoms with Crippen LogP contribution in [0.25, 0.3) is 0 Å². The molecule has 16 heavy (non-hydrogen) atoms. The van der Waals surface area contributed by atoms with E-state index in [-0.39, 0.29) is 11.9 Å². The van der Waals surface area contributed by atoms with Crippen LogP contribution in [0.1, 0.15) is 38.5 Å². The Morgan fingerprint density at radius 1 is 1.31 bits per heavy atom. The summed E-state index contributed by atoms with van der Waals surface area (Å²) in [4.78, 5) is 14.4. The highest BCUT2D eigenvalue weighted by molar-refractivity contribution is 5.82. The van der Waals surface area contributed by atoms with E-state index in [1.807, 2.05) is 0 Å². The molecule has 2 aliphatic rings.